The van der Waals surface area contributed by atoms with Gasteiger partial charge in [0.25, 0.3) is 0 Å². The molecule has 1 N–H and O–H groups in total. The van der Waals surface area contributed by atoms with Crippen LogP contribution in [0.5, 0.6) is 5.75 Å². The van der Waals surface area contributed by atoms with Crippen LogP contribution in [0.2, 0.25) is 0 Å². The zero-order valence-corrected chi connectivity index (χ0v) is 10.6. The first kappa shape index (κ1) is 12.6. The second-order valence-electron chi connectivity index (χ2n) is 4.01. The number of nitrogens with zero attached hydrogens (tertiary/aromatic N) is 2. The van der Waals surface area contributed by atoms with E-state index in [2.05, 4.69) is 10.3 Å². The first-order chi connectivity index (χ1) is 8.67. The third-order valence-corrected chi connectivity index (χ3v) is 2.92. The van der Waals surface area contributed by atoms with E-state index in [0.717, 1.165) is 5.82 Å². The Bertz CT molecular complexity index is 539. The smallest absolute Gasteiger partial charge is 0.132 e. The first-order valence-electron chi connectivity index (χ1n) is 5.65. The molecule has 0 saturated heterocycles. The number of benzene rings is 1. The molecule has 96 valence electrons. The molecule has 0 bridgehead atoms. The number of aryl methyl sites for hydroxylation is 1. The number of rotatable bonds is 4. The van der Waals surface area contributed by atoms with E-state index in [9.17, 15) is 4.39 Å². The second-order valence-corrected chi connectivity index (χ2v) is 4.01. The van der Waals surface area contributed by atoms with Gasteiger partial charge in [-0.05, 0) is 13.1 Å². The molecule has 18 heavy (non-hydrogen) atoms. The highest BCUT2D eigenvalue weighted by Gasteiger charge is 2.20. The fraction of sp³-hybridized carbons (Fsp3) is 0.308. The molecule has 1 unspecified atom stereocenters. The monoisotopic (exact) mass is 249 g/mol. The van der Waals surface area contributed by atoms with Crippen LogP contribution in [-0.4, -0.2) is 23.7 Å². The molecule has 1 aromatic heterocycles. The molecule has 1 heterocycles. The van der Waals surface area contributed by atoms with Gasteiger partial charge in [-0.15, -0.1) is 0 Å². The molecule has 0 aliphatic carbocycles. The number of ether oxygens (including phenoxy) is 1. The standard InChI is InChI=1S/C13H16FN3O/c1-15-12(13-16-6-7-17(13)2)10-5-4-9(18-3)8-11(10)14/h4-8,12,15H,1-3H3. The molecule has 0 aliphatic rings. The summed E-state index contributed by atoms with van der Waals surface area (Å²) in [5, 5.41) is 3.08. The van der Waals surface area contributed by atoms with Crippen LogP contribution in [0, 0.1) is 5.82 Å². The number of nitrogens with one attached hydrogen (secondary N) is 1. The van der Waals surface area contributed by atoms with Crippen molar-refractivity contribution >= 4 is 0 Å². The number of imidazole rings is 1. The van der Waals surface area contributed by atoms with Gasteiger partial charge in [-0.1, -0.05) is 6.07 Å². The lowest BCUT2D eigenvalue weighted by atomic mass is 10.1. The number of methoxy groups -OCH3 is 1. The highest BCUT2D eigenvalue weighted by atomic mass is 19.1. The predicted octanol–water partition coefficient (Wildman–Crippen LogP) is 1.88. The third-order valence-electron chi connectivity index (χ3n) is 2.92. The Hall–Kier alpha value is -1.88. The van der Waals surface area contributed by atoms with Gasteiger partial charge in [0.1, 0.15) is 17.4 Å². The zero-order valence-electron chi connectivity index (χ0n) is 10.6. The van der Waals surface area contributed by atoms with Crippen molar-refractivity contribution in [3.63, 3.8) is 0 Å². The van der Waals surface area contributed by atoms with Crippen molar-refractivity contribution in [1.82, 2.24) is 14.9 Å². The Morgan fingerprint density at radius 3 is 2.72 bits per heavy atom. The Kier molecular flexibility index (Phi) is 3.62. The molecule has 4 nitrogen and oxygen atoms in total. The van der Waals surface area contributed by atoms with Crippen LogP contribution in [0.25, 0.3) is 0 Å². The molecule has 0 radical (unpaired) electrons. The number of hydrogen-bond donors (Lipinski definition) is 1. The number of hydrogen-bond acceptors (Lipinski definition) is 3. The molecular weight excluding hydrogens is 233 g/mol. The summed E-state index contributed by atoms with van der Waals surface area (Å²) in [6, 6.07) is 4.55. The molecule has 1 aromatic carbocycles. The van der Waals surface area contributed by atoms with Gasteiger partial charge in [-0.3, -0.25) is 0 Å². The first-order valence-corrected chi connectivity index (χ1v) is 5.65. The molecule has 2 aromatic rings. The van der Waals surface area contributed by atoms with Gasteiger partial charge in [-0.2, -0.15) is 0 Å². The lowest BCUT2D eigenvalue weighted by Crippen LogP contribution is -2.22. The van der Waals surface area contributed by atoms with Gasteiger partial charge in [0.15, 0.2) is 0 Å². The van der Waals surface area contributed by atoms with Gasteiger partial charge in [0, 0.05) is 31.1 Å². The van der Waals surface area contributed by atoms with E-state index in [1.54, 1.807) is 25.4 Å². The maximum atomic E-state index is 14.0. The molecule has 0 fully saturated rings. The maximum absolute atomic E-state index is 14.0. The highest BCUT2D eigenvalue weighted by Crippen LogP contribution is 2.25. The van der Waals surface area contributed by atoms with Crippen molar-refractivity contribution in [2.75, 3.05) is 14.2 Å². The van der Waals surface area contributed by atoms with Gasteiger partial charge in [0.05, 0.1) is 13.2 Å². The molecule has 2 rings (SSSR count). The summed E-state index contributed by atoms with van der Waals surface area (Å²) >= 11 is 0. The summed E-state index contributed by atoms with van der Waals surface area (Å²) in [6.07, 6.45) is 3.53. The van der Waals surface area contributed by atoms with Crippen LogP contribution < -0.4 is 10.1 Å². The van der Waals surface area contributed by atoms with Gasteiger partial charge >= 0.3 is 0 Å². The molecule has 0 aliphatic heterocycles. The maximum Gasteiger partial charge on any atom is 0.132 e. The van der Waals surface area contributed by atoms with E-state index in [1.807, 2.05) is 17.8 Å². The molecule has 0 spiro atoms. The van der Waals surface area contributed by atoms with E-state index in [0.29, 0.717) is 11.3 Å². The van der Waals surface area contributed by atoms with E-state index in [-0.39, 0.29) is 11.9 Å². The van der Waals surface area contributed by atoms with Crippen molar-refractivity contribution in [3.05, 3.63) is 47.8 Å². The third kappa shape index (κ3) is 2.22. The zero-order chi connectivity index (χ0) is 13.1. The number of halogens is 1. The van der Waals surface area contributed by atoms with Crippen LogP contribution in [-0.2, 0) is 7.05 Å². The summed E-state index contributed by atoms with van der Waals surface area (Å²) < 4.78 is 20.9. The van der Waals surface area contributed by atoms with Crippen molar-refractivity contribution < 1.29 is 9.13 Å². The quantitative estimate of drug-likeness (QED) is 0.899. The minimum Gasteiger partial charge on any atom is -0.497 e. The average molecular weight is 249 g/mol. The Balaban J connectivity index is 2.42. The second kappa shape index (κ2) is 5.18. The number of aromatic nitrogens is 2. The predicted molar refractivity (Wildman–Crippen MR) is 67.1 cm³/mol. The fourth-order valence-electron chi connectivity index (χ4n) is 1.95. The van der Waals surface area contributed by atoms with E-state index >= 15 is 0 Å². The molecule has 0 amide bonds. The minimum atomic E-state index is -0.309. The summed E-state index contributed by atoms with van der Waals surface area (Å²) in [7, 11) is 5.18. The summed E-state index contributed by atoms with van der Waals surface area (Å²) in [5.74, 6) is 0.962. The fourth-order valence-corrected chi connectivity index (χ4v) is 1.95. The molecular formula is C13H16FN3O. The van der Waals surface area contributed by atoms with Gasteiger partial charge in [-0.25, -0.2) is 9.37 Å². The molecule has 0 saturated carbocycles. The van der Waals surface area contributed by atoms with Gasteiger partial charge in [0.2, 0.25) is 0 Å². The lowest BCUT2D eigenvalue weighted by Gasteiger charge is -2.17. The Morgan fingerprint density at radius 1 is 1.44 bits per heavy atom. The van der Waals surface area contributed by atoms with E-state index < -0.39 is 0 Å². The summed E-state index contributed by atoms with van der Waals surface area (Å²) in [5.41, 5.74) is 0.549. The average Bonchev–Trinajstić information content (AvgIpc) is 2.78. The summed E-state index contributed by atoms with van der Waals surface area (Å²) in [6.45, 7) is 0. The topological polar surface area (TPSA) is 39.1 Å². The highest BCUT2D eigenvalue weighted by molar-refractivity contribution is 5.33. The van der Waals surface area contributed by atoms with Crippen LogP contribution >= 0.6 is 0 Å². The van der Waals surface area contributed by atoms with Crippen LogP contribution in [0.1, 0.15) is 17.4 Å². The van der Waals surface area contributed by atoms with Crippen molar-refractivity contribution in [1.29, 1.82) is 0 Å². The van der Waals surface area contributed by atoms with E-state index in [1.165, 1.54) is 13.2 Å². The largest absolute Gasteiger partial charge is 0.497 e. The SMILES string of the molecule is CNC(c1ccc(OC)cc1F)c1nccn1C. The Morgan fingerprint density at radius 2 is 2.22 bits per heavy atom. The Labute approximate surface area is 105 Å². The van der Waals surface area contributed by atoms with E-state index in [4.69, 9.17) is 4.74 Å². The summed E-state index contributed by atoms with van der Waals surface area (Å²) in [4.78, 5) is 4.25. The van der Waals surface area contributed by atoms with Crippen LogP contribution in [0.15, 0.2) is 30.6 Å². The molecule has 5 heteroatoms. The lowest BCUT2D eigenvalue weighted by molar-refractivity contribution is 0.410. The molecule has 1 atom stereocenters. The minimum absolute atomic E-state index is 0.282. The van der Waals surface area contributed by atoms with Crippen molar-refractivity contribution in [2.24, 2.45) is 7.05 Å². The normalized spacial score (nSPS) is 12.4. The van der Waals surface area contributed by atoms with Crippen LogP contribution in [0.4, 0.5) is 4.39 Å². The van der Waals surface area contributed by atoms with Crippen LogP contribution in [0.3, 0.4) is 0 Å². The van der Waals surface area contributed by atoms with Crippen molar-refractivity contribution in [3.8, 4) is 5.75 Å². The van der Waals surface area contributed by atoms with Gasteiger partial charge < -0.3 is 14.6 Å². The van der Waals surface area contributed by atoms with Crippen molar-refractivity contribution in [2.45, 2.75) is 6.04 Å².